The van der Waals surface area contributed by atoms with E-state index in [2.05, 4.69) is 10.3 Å². The van der Waals surface area contributed by atoms with E-state index in [0.717, 1.165) is 27.0 Å². The molecule has 1 aliphatic heterocycles. The van der Waals surface area contributed by atoms with Gasteiger partial charge in [0.1, 0.15) is 11.0 Å². The zero-order valence-electron chi connectivity index (χ0n) is 14.8. The van der Waals surface area contributed by atoms with Crippen molar-refractivity contribution < 1.29 is 13.2 Å². The van der Waals surface area contributed by atoms with E-state index in [1.165, 1.54) is 4.31 Å². The van der Waals surface area contributed by atoms with Gasteiger partial charge < -0.3 is 5.32 Å². The van der Waals surface area contributed by atoms with E-state index in [1.54, 1.807) is 11.3 Å². The van der Waals surface area contributed by atoms with Crippen LogP contribution >= 0.6 is 11.3 Å². The molecule has 27 heavy (non-hydrogen) atoms. The summed E-state index contributed by atoms with van der Waals surface area (Å²) in [5.74, 6) is -0.286. The highest BCUT2D eigenvalue weighted by Crippen LogP contribution is 2.30. The molecule has 2 heterocycles. The molecule has 8 heteroatoms. The Bertz CT molecular complexity index is 1060. The fourth-order valence-corrected chi connectivity index (χ4v) is 5.41. The summed E-state index contributed by atoms with van der Waals surface area (Å²) >= 11 is 1.62. The number of hydrogen-bond donors (Lipinski definition) is 1. The van der Waals surface area contributed by atoms with Gasteiger partial charge in [-0.15, -0.1) is 11.3 Å². The van der Waals surface area contributed by atoms with Gasteiger partial charge >= 0.3 is 0 Å². The molecule has 1 aromatic heterocycles. The highest BCUT2D eigenvalue weighted by Gasteiger charge is 2.36. The minimum atomic E-state index is -3.38. The van der Waals surface area contributed by atoms with E-state index in [0.29, 0.717) is 25.1 Å². The largest absolute Gasteiger partial charge is 0.325 e. The minimum absolute atomic E-state index is 0.286. The van der Waals surface area contributed by atoms with Crippen LogP contribution in [0.4, 0.5) is 5.69 Å². The number of nitrogens with zero attached hydrogens (tertiary/aromatic N) is 2. The Morgan fingerprint density at radius 1 is 1.19 bits per heavy atom. The number of amides is 1. The van der Waals surface area contributed by atoms with Crippen LogP contribution in [0.1, 0.15) is 12.8 Å². The zero-order valence-corrected chi connectivity index (χ0v) is 16.4. The lowest BCUT2D eigenvalue weighted by Crippen LogP contribution is -2.42. The number of benzene rings is 2. The van der Waals surface area contributed by atoms with Gasteiger partial charge in [-0.05, 0) is 49.2 Å². The predicted molar refractivity (Wildman–Crippen MR) is 108 cm³/mol. The van der Waals surface area contributed by atoms with E-state index in [-0.39, 0.29) is 5.91 Å². The lowest BCUT2D eigenvalue weighted by atomic mass is 10.2. The minimum Gasteiger partial charge on any atom is -0.325 e. The van der Waals surface area contributed by atoms with E-state index in [9.17, 15) is 13.2 Å². The fourth-order valence-electron chi connectivity index (χ4n) is 3.32. The molecule has 1 saturated heterocycles. The lowest BCUT2D eigenvalue weighted by molar-refractivity contribution is -0.119. The first-order valence-corrected chi connectivity index (χ1v) is 11.3. The average molecular weight is 402 g/mol. The van der Waals surface area contributed by atoms with E-state index in [4.69, 9.17) is 0 Å². The van der Waals surface area contributed by atoms with E-state index >= 15 is 0 Å². The zero-order chi connectivity index (χ0) is 19.0. The summed E-state index contributed by atoms with van der Waals surface area (Å²) in [4.78, 5) is 17.1. The summed E-state index contributed by atoms with van der Waals surface area (Å²) in [6, 6.07) is 14.8. The van der Waals surface area contributed by atoms with Crippen molar-refractivity contribution >= 4 is 43.2 Å². The van der Waals surface area contributed by atoms with E-state index < -0.39 is 16.1 Å². The third-order valence-corrected chi connectivity index (χ3v) is 7.00. The van der Waals surface area contributed by atoms with E-state index in [1.807, 2.05) is 48.5 Å². The molecule has 3 aromatic rings. The number of rotatable bonds is 4. The SMILES string of the molecule is CS(=O)(=O)N1CCCC1C(=O)Nc1ccc(-c2nc3ccccc3s2)cc1. The highest BCUT2D eigenvalue weighted by molar-refractivity contribution is 7.88. The Morgan fingerprint density at radius 2 is 1.93 bits per heavy atom. The maximum atomic E-state index is 12.5. The Labute approximate surface area is 161 Å². The van der Waals surface area contributed by atoms with Crippen molar-refractivity contribution in [2.75, 3.05) is 18.1 Å². The van der Waals surface area contributed by atoms with Gasteiger partial charge in [-0.3, -0.25) is 4.79 Å². The number of fused-ring (bicyclic) bond motifs is 1. The third-order valence-electron chi connectivity index (χ3n) is 4.63. The number of anilines is 1. The first kappa shape index (κ1) is 18.1. The van der Waals surface area contributed by atoms with Crippen LogP contribution in [0.25, 0.3) is 20.8 Å². The second-order valence-electron chi connectivity index (χ2n) is 6.59. The number of para-hydroxylation sites is 1. The molecule has 6 nitrogen and oxygen atoms in total. The topological polar surface area (TPSA) is 79.4 Å². The quantitative estimate of drug-likeness (QED) is 0.727. The van der Waals surface area contributed by atoms with Crippen LogP contribution in [0, 0.1) is 0 Å². The first-order valence-electron chi connectivity index (χ1n) is 8.65. The monoisotopic (exact) mass is 401 g/mol. The van der Waals surface area contributed by atoms with Crippen molar-refractivity contribution in [2.45, 2.75) is 18.9 Å². The van der Waals surface area contributed by atoms with Crippen molar-refractivity contribution in [3.8, 4) is 10.6 Å². The predicted octanol–water partition coefficient (Wildman–Crippen LogP) is 3.33. The molecule has 0 aliphatic carbocycles. The Morgan fingerprint density at radius 3 is 2.63 bits per heavy atom. The molecule has 4 rings (SSSR count). The fraction of sp³-hybridized carbons (Fsp3) is 0.263. The van der Waals surface area contributed by atoms with Gasteiger partial charge in [0, 0.05) is 17.8 Å². The summed E-state index contributed by atoms with van der Waals surface area (Å²) in [5.41, 5.74) is 2.59. The van der Waals surface area contributed by atoms with Crippen molar-refractivity contribution in [3.05, 3.63) is 48.5 Å². The molecule has 1 fully saturated rings. The average Bonchev–Trinajstić information content (AvgIpc) is 3.29. The summed E-state index contributed by atoms with van der Waals surface area (Å²) in [5, 5.41) is 3.75. The molecule has 2 aromatic carbocycles. The number of thiazole rings is 1. The number of aromatic nitrogens is 1. The van der Waals surface area contributed by atoms with Gasteiger partial charge in [-0.2, -0.15) is 4.31 Å². The van der Waals surface area contributed by atoms with Crippen LogP contribution in [0.5, 0.6) is 0 Å². The van der Waals surface area contributed by atoms with Gasteiger partial charge in [-0.25, -0.2) is 13.4 Å². The van der Waals surface area contributed by atoms with Crippen LogP contribution < -0.4 is 5.32 Å². The normalized spacial score (nSPS) is 18.0. The standard InChI is InChI=1S/C19H19N3O3S2/c1-27(24,25)22-12-4-6-16(22)18(23)20-14-10-8-13(9-11-14)19-21-15-5-2-3-7-17(15)26-19/h2-3,5,7-11,16H,4,6,12H2,1H3,(H,20,23). The van der Waals surface area contributed by atoms with Gasteiger partial charge in [0.25, 0.3) is 0 Å². The van der Waals surface area contributed by atoms with Crippen LogP contribution in [0.15, 0.2) is 48.5 Å². The Balaban J connectivity index is 1.50. The van der Waals surface area contributed by atoms with Crippen LogP contribution in [0.2, 0.25) is 0 Å². The molecule has 1 unspecified atom stereocenters. The summed E-state index contributed by atoms with van der Waals surface area (Å²) in [6.07, 6.45) is 2.38. The number of carbonyl (C=O) groups is 1. The molecule has 0 bridgehead atoms. The number of sulfonamides is 1. The summed E-state index contributed by atoms with van der Waals surface area (Å²) in [6.45, 7) is 0.396. The molecule has 0 radical (unpaired) electrons. The third kappa shape index (κ3) is 3.73. The van der Waals surface area contributed by atoms with Crippen molar-refractivity contribution in [1.29, 1.82) is 0 Å². The number of hydrogen-bond acceptors (Lipinski definition) is 5. The summed E-state index contributed by atoms with van der Waals surface area (Å²) < 4.78 is 26.0. The second kappa shape index (κ2) is 7.03. The molecule has 140 valence electrons. The molecular weight excluding hydrogens is 382 g/mol. The van der Waals surface area contributed by atoms with Gasteiger partial charge in [0.2, 0.25) is 15.9 Å². The van der Waals surface area contributed by atoms with Gasteiger partial charge in [0.05, 0.1) is 16.5 Å². The number of nitrogens with one attached hydrogen (secondary N) is 1. The van der Waals surface area contributed by atoms with Gasteiger partial charge in [-0.1, -0.05) is 12.1 Å². The first-order chi connectivity index (χ1) is 12.9. The second-order valence-corrected chi connectivity index (χ2v) is 9.55. The van der Waals surface area contributed by atoms with Crippen molar-refractivity contribution in [2.24, 2.45) is 0 Å². The Kier molecular flexibility index (Phi) is 4.71. The molecular formula is C19H19N3O3S2. The maximum absolute atomic E-state index is 12.5. The maximum Gasteiger partial charge on any atom is 0.242 e. The van der Waals surface area contributed by atoms with Crippen LogP contribution in [-0.2, 0) is 14.8 Å². The molecule has 1 atom stereocenters. The summed E-state index contributed by atoms with van der Waals surface area (Å²) in [7, 11) is -3.38. The van der Waals surface area contributed by atoms with Crippen molar-refractivity contribution in [1.82, 2.24) is 9.29 Å². The molecule has 0 spiro atoms. The number of carbonyl (C=O) groups excluding carboxylic acids is 1. The molecule has 1 aliphatic rings. The molecule has 0 saturated carbocycles. The van der Waals surface area contributed by atoms with Crippen LogP contribution in [0.3, 0.4) is 0 Å². The molecule has 1 N–H and O–H groups in total. The lowest BCUT2D eigenvalue weighted by Gasteiger charge is -2.21. The highest BCUT2D eigenvalue weighted by atomic mass is 32.2. The van der Waals surface area contributed by atoms with Crippen LogP contribution in [-0.4, -0.2) is 42.5 Å². The Hall–Kier alpha value is -2.29. The smallest absolute Gasteiger partial charge is 0.242 e. The van der Waals surface area contributed by atoms with Crippen molar-refractivity contribution in [3.63, 3.8) is 0 Å². The van der Waals surface area contributed by atoms with Gasteiger partial charge in [0.15, 0.2) is 0 Å². The molecule has 1 amide bonds.